The van der Waals surface area contributed by atoms with Gasteiger partial charge in [-0.3, -0.25) is 4.90 Å². The van der Waals surface area contributed by atoms with E-state index in [1.807, 2.05) is 0 Å². The van der Waals surface area contributed by atoms with E-state index < -0.39 is 0 Å². The molecule has 110 valence electrons. The fraction of sp³-hybridized carbons (Fsp3) is 0.333. The summed E-state index contributed by atoms with van der Waals surface area (Å²) in [4.78, 5) is 2.36. The van der Waals surface area contributed by atoms with E-state index in [0.717, 1.165) is 19.6 Å². The maximum absolute atomic E-state index is 3.62. The molecule has 1 aliphatic rings. The molecule has 0 saturated heterocycles. The van der Waals surface area contributed by atoms with E-state index in [4.69, 9.17) is 0 Å². The first-order chi connectivity index (χ1) is 10.2. The number of benzene rings is 2. The van der Waals surface area contributed by atoms with Crippen molar-refractivity contribution in [3.63, 3.8) is 0 Å². The number of nitrogens with one attached hydrogen (secondary N) is 1. The van der Waals surface area contributed by atoms with Crippen LogP contribution in [0.2, 0.25) is 0 Å². The minimum atomic E-state index is 0.955. The highest BCUT2D eigenvalue weighted by Crippen LogP contribution is 2.24. The third-order valence-corrected chi connectivity index (χ3v) is 4.73. The number of fused-ring (bicyclic) bond motifs is 1. The number of hydrogen-bond donors (Lipinski definition) is 1. The molecule has 2 aromatic rings. The van der Waals surface area contributed by atoms with Crippen molar-refractivity contribution in [1.29, 1.82) is 0 Å². The molecule has 0 aliphatic carbocycles. The topological polar surface area (TPSA) is 15.3 Å². The molecule has 0 radical (unpaired) electrons. The first-order valence-corrected chi connectivity index (χ1v) is 8.29. The first kappa shape index (κ1) is 14.6. The van der Waals surface area contributed by atoms with Crippen LogP contribution >= 0.6 is 15.9 Å². The summed E-state index contributed by atoms with van der Waals surface area (Å²) in [5, 5.41) is 3.47. The zero-order valence-corrected chi connectivity index (χ0v) is 14.0. The Bertz CT molecular complexity index is 624. The van der Waals surface area contributed by atoms with Crippen LogP contribution in [0.25, 0.3) is 0 Å². The minimum absolute atomic E-state index is 0.955. The Morgan fingerprint density at radius 1 is 1.14 bits per heavy atom. The molecule has 0 aromatic heterocycles. The van der Waals surface area contributed by atoms with Gasteiger partial charge in [0.25, 0.3) is 0 Å². The molecule has 21 heavy (non-hydrogen) atoms. The second-order valence-corrected chi connectivity index (χ2v) is 6.64. The average Bonchev–Trinajstić information content (AvgIpc) is 2.49. The molecular weight excluding hydrogens is 324 g/mol. The van der Waals surface area contributed by atoms with Gasteiger partial charge >= 0.3 is 0 Å². The molecule has 0 saturated carbocycles. The van der Waals surface area contributed by atoms with Gasteiger partial charge in [-0.25, -0.2) is 0 Å². The number of aryl methyl sites for hydroxylation is 1. The Hall–Kier alpha value is -1.32. The van der Waals surface area contributed by atoms with Gasteiger partial charge in [0.05, 0.1) is 0 Å². The second-order valence-electron chi connectivity index (χ2n) is 5.79. The fourth-order valence-corrected chi connectivity index (χ4v) is 3.32. The summed E-state index contributed by atoms with van der Waals surface area (Å²) in [7, 11) is 2.18. The van der Waals surface area contributed by atoms with Crippen LogP contribution in [0, 0.1) is 0 Å². The van der Waals surface area contributed by atoms with Crippen LogP contribution in [0.4, 0.5) is 5.69 Å². The van der Waals surface area contributed by atoms with Crippen molar-refractivity contribution in [3.05, 3.63) is 63.6 Å². The van der Waals surface area contributed by atoms with Crippen LogP contribution in [-0.4, -0.2) is 18.5 Å². The minimum Gasteiger partial charge on any atom is -0.385 e. The molecule has 2 nitrogen and oxygen atoms in total. The quantitative estimate of drug-likeness (QED) is 0.881. The van der Waals surface area contributed by atoms with Crippen molar-refractivity contribution < 1.29 is 0 Å². The number of hydrogen-bond acceptors (Lipinski definition) is 2. The van der Waals surface area contributed by atoms with Crippen molar-refractivity contribution in [1.82, 2.24) is 4.90 Å². The highest BCUT2D eigenvalue weighted by atomic mass is 79.9. The molecule has 2 aromatic carbocycles. The van der Waals surface area contributed by atoms with Crippen LogP contribution in [0.1, 0.15) is 23.1 Å². The summed E-state index contributed by atoms with van der Waals surface area (Å²) in [5.74, 6) is 0. The summed E-state index contributed by atoms with van der Waals surface area (Å²) in [6.07, 6.45) is 2.44. The Labute approximate surface area is 135 Å². The lowest BCUT2D eigenvalue weighted by molar-refractivity contribution is 0.318. The fourth-order valence-electron chi connectivity index (χ4n) is 2.91. The zero-order chi connectivity index (χ0) is 14.7. The van der Waals surface area contributed by atoms with Gasteiger partial charge in [0.2, 0.25) is 0 Å². The van der Waals surface area contributed by atoms with Gasteiger partial charge in [-0.05, 0) is 48.7 Å². The summed E-state index contributed by atoms with van der Waals surface area (Å²) in [5.41, 5.74) is 5.51. The van der Waals surface area contributed by atoms with Crippen molar-refractivity contribution in [2.75, 3.05) is 18.9 Å². The highest BCUT2D eigenvalue weighted by molar-refractivity contribution is 9.10. The summed E-state index contributed by atoms with van der Waals surface area (Å²) in [6.45, 7) is 3.04. The average molecular weight is 345 g/mol. The number of halogens is 1. The lowest BCUT2D eigenvalue weighted by Gasteiger charge is -2.21. The van der Waals surface area contributed by atoms with Crippen LogP contribution in [-0.2, 0) is 19.5 Å². The largest absolute Gasteiger partial charge is 0.385 e. The van der Waals surface area contributed by atoms with Gasteiger partial charge in [-0.1, -0.05) is 46.3 Å². The Kier molecular flexibility index (Phi) is 4.61. The van der Waals surface area contributed by atoms with Gasteiger partial charge < -0.3 is 5.32 Å². The van der Waals surface area contributed by atoms with Crippen LogP contribution in [0.3, 0.4) is 0 Å². The Morgan fingerprint density at radius 3 is 2.86 bits per heavy atom. The molecule has 1 aliphatic heterocycles. The van der Waals surface area contributed by atoms with E-state index in [9.17, 15) is 0 Å². The molecule has 0 bridgehead atoms. The molecule has 0 amide bonds. The highest BCUT2D eigenvalue weighted by Gasteiger charge is 2.10. The number of nitrogens with zero attached hydrogens (tertiary/aromatic N) is 1. The molecule has 0 atom stereocenters. The summed E-state index contributed by atoms with van der Waals surface area (Å²) >= 11 is 3.62. The van der Waals surface area contributed by atoms with Crippen LogP contribution < -0.4 is 5.32 Å². The molecule has 0 unspecified atom stereocenters. The standard InChI is InChI=1S/C18H21BrN2/c1-21(13-16-5-2-3-7-17(16)19)12-14-8-9-18-15(11-14)6-4-10-20-18/h2-3,5,7-9,11,20H,4,6,10,12-13H2,1H3. The lowest BCUT2D eigenvalue weighted by Crippen LogP contribution is -2.18. The normalized spacial score (nSPS) is 13.9. The summed E-state index contributed by atoms with van der Waals surface area (Å²) in [6, 6.07) is 15.3. The van der Waals surface area contributed by atoms with Crippen molar-refractivity contribution >= 4 is 21.6 Å². The van der Waals surface area contributed by atoms with Crippen molar-refractivity contribution in [3.8, 4) is 0 Å². The molecule has 1 heterocycles. The van der Waals surface area contributed by atoms with E-state index in [1.54, 1.807) is 0 Å². The van der Waals surface area contributed by atoms with E-state index >= 15 is 0 Å². The number of anilines is 1. The van der Waals surface area contributed by atoms with E-state index in [1.165, 1.54) is 39.7 Å². The van der Waals surface area contributed by atoms with Crippen molar-refractivity contribution in [2.24, 2.45) is 0 Å². The number of rotatable bonds is 4. The smallest absolute Gasteiger partial charge is 0.0372 e. The molecule has 3 rings (SSSR count). The monoisotopic (exact) mass is 344 g/mol. The molecule has 3 heteroatoms. The third-order valence-electron chi connectivity index (χ3n) is 3.96. The van der Waals surface area contributed by atoms with E-state index in [2.05, 4.69) is 75.7 Å². The molecular formula is C18H21BrN2. The van der Waals surface area contributed by atoms with Crippen LogP contribution in [0.15, 0.2) is 46.9 Å². The van der Waals surface area contributed by atoms with Gasteiger partial charge in [0, 0.05) is 29.8 Å². The zero-order valence-electron chi connectivity index (χ0n) is 12.4. The van der Waals surface area contributed by atoms with E-state index in [0.29, 0.717) is 0 Å². The van der Waals surface area contributed by atoms with Gasteiger partial charge in [-0.2, -0.15) is 0 Å². The third kappa shape index (κ3) is 3.66. The molecule has 1 N–H and O–H groups in total. The predicted molar refractivity (Wildman–Crippen MR) is 92.6 cm³/mol. The maximum Gasteiger partial charge on any atom is 0.0372 e. The molecule has 0 fully saturated rings. The maximum atomic E-state index is 3.62. The SMILES string of the molecule is CN(Cc1ccc2c(c1)CCCN2)Cc1ccccc1Br. The molecule has 0 spiro atoms. The predicted octanol–water partition coefficient (Wildman–Crippen LogP) is 4.44. The van der Waals surface area contributed by atoms with Gasteiger partial charge in [0.15, 0.2) is 0 Å². The summed E-state index contributed by atoms with van der Waals surface area (Å²) < 4.78 is 1.19. The van der Waals surface area contributed by atoms with Gasteiger partial charge in [-0.15, -0.1) is 0 Å². The van der Waals surface area contributed by atoms with Gasteiger partial charge in [0.1, 0.15) is 0 Å². The second kappa shape index (κ2) is 6.63. The Morgan fingerprint density at radius 2 is 2.00 bits per heavy atom. The van der Waals surface area contributed by atoms with Crippen LogP contribution in [0.5, 0.6) is 0 Å². The van der Waals surface area contributed by atoms with E-state index in [-0.39, 0.29) is 0 Å². The van der Waals surface area contributed by atoms with Crippen molar-refractivity contribution in [2.45, 2.75) is 25.9 Å². The first-order valence-electron chi connectivity index (χ1n) is 7.50. The lowest BCUT2D eigenvalue weighted by atomic mass is 10.0. The Balaban J connectivity index is 1.67.